The molecule has 0 amide bonds. The van der Waals surface area contributed by atoms with Gasteiger partial charge in [-0.15, -0.1) is 0 Å². The van der Waals surface area contributed by atoms with Gasteiger partial charge in [0.1, 0.15) is 0 Å². The number of nitrogens with one attached hydrogen (secondary N) is 1. The minimum Gasteiger partial charge on any atom is -0.200 e. The van der Waals surface area contributed by atoms with Crippen molar-refractivity contribution in [1.29, 1.82) is 0 Å². The van der Waals surface area contributed by atoms with Crippen molar-refractivity contribution in [2.75, 3.05) is 0 Å². The lowest BCUT2D eigenvalue weighted by Crippen LogP contribution is -2.19. The normalized spacial score (nSPS) is 12.6. The van der Waals surface area contributed by atoms with Crippen LogP contribution < -0.4 is 4.83 Å². The van der Waals surface area contributed by atoms with E-state index >= 15 is 0 Å². The van der Waals surface area contributed by atoms with Gasteiger partial charge in [-0.1, -0.05) is 18.5 Å². The molecule has 16 heavy (non-hydrogen) atoms. The van der Waals surface area contributed by atoms with E-state index in [-0.39, 0.29) is 4.90 Å². The molecule has 0 saturated carbocycles. The molecule has 0 unspecified atom stereocenters. The molecule has 0 heterocycles. The zero-order chi connectivity index (χ0) is 12.2. The van der Waals surface area contributed by atoms with Crippen molar-refractivity contribution >= 4 is 27.3 Å². The van der Waals surface area contributed by atoms with Crippen molar-refractivity contribution in [3.63, 3.8) is 0 Å². The summed E-state index contributed by atoms with van der Waals surface area (Å²) in [5.74, 6) is 0. The zero-order valence-corrected chi connectivity index (χ0v) is 10.6. The highest BCUT2D eigenvalue weighted by atomic mass is 35.5. The molecule has 1 N–H and O–H groups in total. The van der Waals surface area contributed by atoms with E-state index < -0.39 is 10.0 Å². The van der Waals surface area contributed by atoms with Crippen molar-refractivity contribution in [2.45, 2.75) is 25.2 Å². The molecular formula is C10H13ClN2O2S. The molecule has 6 heteroatoms. The summed E-state index contributed by atoms with van der Waals surface area (Å²) in [4.78, 5) is 2.31. The minimum absolute atomic E-state index is 0.143. The number of hydrazone groups is 1. The zero-order valence-electron chi connectivity index (χ0n) is 9.07. The highest BCUT2D eigenvalue weighted by molar-refractivity contribution is 7.89. The van der Waals surface area contributed by atoms with Crippen LogP contribution in [-0.4, -0.2) is 14.1 Å². The Hall–Kier alpha value is -1.07. The molecule has 4 nitrogen and oxygen atoms in total. The molecule has 0 aliphatic rings. The van der Waals surface area contributed by atoms with Crippen molar-refractivity contribution in [3.8, 4) is 0 Å². The monoisotopic (exact) mass is 260 g/mol. The van der Waals surface area contributed by atoms with E-state index in [4.69, 9.17) is 11.6 Å². The van der Waals surface area contributed by atoms with Gasteiger partial charge in [0, 0.05) is 10.7 Å². The number of hydrogen-bond acceptors (Lipinski definition) is 3. The summed E-state index contributed by atoms with van der Waals surface area (Å²) >= 11 is 5.67. The van der Waals surface area contributed by atoms with E-state index in [1.165, 1.54) is 24.3 Å². The van der Waals surface area contributed by atoms with Gasteiger partial charge in [0.15, 0.2) is 0 Å². The Kier molecular flexibility index (Phi) is 4.32. The van der Waals surface area contributed by atoms with Gasteiger partial charge in [-0.25, -0.2) is 4.83 Å². The quantitative estimate of drug-likeness (QED) is 0.668. The first-order valence-corrected chi connectivity index (χ1v) is 6.62. The molecular weight excluding hydrogens is 248 g/mol. The van der Waals surface area contributed by atoms with E-state index in [2.05, 4.69) is 9.93 Å². The van der Waals surface area contributed by atoms with Gasteiger partial charge in [0.2, 0.25) is 0 Å². The fraction of sp³-hybridized carbons (Fsp3) is 0.300. The van der Waals surface area contributed by atoms with Crippen molar-refractivity contribution in [1.82, 2.24) is 4.83 Å². The highest BCUT2D eigenvalue weighted by Gasteiger charge is 2.12. The van der Waals surface area contributed by atoms with Crippen LogP contribution in [0, 0.1) is 0 Å². The van der Waals surface area contributed by atoms with Gasteiger partial charge in [-0.05, 0) is 37.6 Å². The lowest BCUT2D eigenvalue weighted by Gasteiger charge is -2.04. The molecule has 0 aliphatic carbocycles. The van der Waals surface area contributed by atoms with E-state index in [1.54, 1.807) is 6.92 Å². The number of nitrogens with zero attached hydrogens (tertiary/aromatic N) is 1. The summed E-state index contributed by atoms with van der Waals surface area (Å²) in [6.45, 7) is 3.65. The SMILES string of the molecule is CCC(C)=NNS(=O)(=O)c1ccc(Cl)cc1. The van der Waals surface area contributed by atoms with E-state index in [1.807, 2.05) is 6.92 Å². The number of halogens is 1. The summed E-state index contributed by atoms with van der Waals surface area (Å²) in [6, 6.07) is 5.90. The average Bonchev–Trinajstić information content (AvgIpc) is 2.26. The number of rotatable bonds is 4. The summed E-state index contributed by atoms with van der Waals surface area (Å²) in [5, 5.41) is 4.25. The topological polar surface area (TPSA) is 58.5 Å². The molecule has 0 radical (unpaired) electrons. The smallest absolute Gasteiger partial charge is 0.200 e. The molecule has 88 valence electrons. The van der Waals surface area contributed by atoms with Crippen LogP contribution in [0.15, 0.2) is 34.3 Å². The maximum Gasteiger partial charge on any atom is 0.276 e. The maximum atomic E-state index is 11.7. The van der Waals surface area contributed by atoms with Gasteiger partial charge in [-0.2, -0.15) is 13.5 Å². The Morgan fingerprint density at radius 3 is 2.44 bits per heavy atom. The molecule has 1 rings (SSSR count). The van der Waals surface area contributed by atoms with Crippen LogP contribution in [0.4, 0.5) is 0 Å². The number of sulfonamides is 1. The Morgan fingerprint density at radius 1 is 1.38 bits per heavy atom. The van der Waals surface area contributed by atoms with Crippen molar-refractivity contribution in [3.05, 3.63) is 29.3 Å². The largest absolute Gasteiger partial charge is 0.276 e. The van der Waals surface area contributed by atoms with Gasteiger partial charge in [0.25, 0.3) is 10.0 Å². The Bertz CT molecular complexity index is 480. The lowest BCUT2D eigenvalue weighted by atomic mass is 10.3. The van der Waals surface area contributed by atoms with Gasteiger partial charge >= 0.3 is 0 Å². The molecule has 0 aromatic heterocycles. The molecule has 0 atom stereocenters. The Morgan fingerprint density at radius 2 is 1.94 bits per heavy atom. The van der Waals surface area contributed by atoms with Gasteiger partial charge < -0.3 is 0 Å². The van der Waals surface area contributed by atoms with Crippen LogP contribution in [-0.2, 0) is 10.0 Å². The highest BCUT2D eigenvalue weighted by Crippen LogP contribution is 2.13. The van der Waals surface area contributed by atoms with Crippen LogP contribution >= 0.6 is 11.6 Å². The second-order valence-electron chi connectivity index (χ2n) is 3.25. The first-order valence-electron chi connectivity index (χ1n) is 4.76. The fourth-order valence-electron chi connectivity index (χ4n) is 0.884. The van der Waals surface area contributed by atoms with Crippen LogP contribution in [0.3, 0.4) is 0 Å². The molecule has 0 aliphatic heterocycles. The molecule has 0 spiro atoms. The third-order valence-corrected chi connectivity index (χ3v) is 3.47. The molecule has 1 aromatic carbocycles. The fourth-order valence-corrected chi connectivity index (χ4v) is 1.89. The second kappa shape index (κ2) is 5.32. The summed E-state index contributed by atoms with van der Waals surface area (Å²) in [6.07, 6.45) is 0.698. The molecule has 0 fully saturated rings. The lowest BCUT2D eigenvalue weighted by molar-refractivity contribution is 0.584. The van der Waals surface area contributed by atoms with Crippen LogP contribution in [0.1, 0.15) is 20.3 Å². The molecule has 0 bridgehead atoms. The maximum absolute atomic E-state index is 11.7. The second-order valence-corrected chi connectivity index (χ2v) is 5.35. The third kappa shape index (κ3) is 3.50. The average molecular weight is 261 g/mol. The van der Waals surface area contributed by atoms with Crippen molar-refractivity contribution in [2.24, 2.45) is 5.10 Å². The van der Waals surface area contributed by atoms with E-state index in [0.717, 1.165) is 5.71 Å². The standard InChI is InChI=1S/C10H13ClN2O2S/c1-3-8(2)12-13-16(14,15)10-6-4-9(11)5-7-10/h4-7,13H,3H2,1-2H3. The van der Waals surface area contributed by atoms with E-state index in [0.29, 0.717) is 11.4 Å². The number of hydrogen-bond donors (Lipinski definition) is 1. The first kappa shape index (κ1) is 13.0. The summed E-state index contributed by atoms with van der Waals surface area (Å²) in [7, 11) is -3.58. The van der Waals surface area contributed by atoms with E-state index in [9.17, 15) is 8.42 Å². The van der Waals surface area contributed by atoms with Crippen molar-refractivity contribution < 1.29 is 8.42 Å². The predicted molar refractivity (Wildman–Crippen MR) is 65.2 cm³/mol. The van der Waals surface area contributed by atoms with Crippen LogP contribution in [0.5, 0.6) is 0 Å². The molecule has 1 aromatic rings. The third-order valence-electron chi connectivity index (χ3n) is 1.99. The van der Waals surface area contributed by atoms with Gasteiger partial charge in [0.05, 0.1) is 4.90 Å². The minimum atomic E-state index is -3.58. The first-order chi connectivity index (χ1) is 7.45. The Labute approximate surface area is 100 Å². The summed E-state index contributed by atoms with van der Waals surface area (Å²) < 4.78 is 23.4. The molecule has 0 saturated heterocycles. The van der Waals surface area contributed by atoms with Crippen LogP contribution in [0.25, 0.3) is 0 Å². The van der Waals surface area contributed by atoms with Crippen LogP contribution in [0.2, 0.25) is 5.02 Å². The van der Waals surface area contributed by atoms with Gasteiger partial charge in [-0.3, -0.25) is 0 Å². The Balaban J connectivity index is 2.91. The number of benzene rings is 1. The predicted octanol–water partition coefficient (Wildman–Crippen LogP) is 2.40. The summed E-state index contributed by atoms with van der Waals surface area (Å²) in [5.41, 5.74) is 0.720.